The van der Waals surface area contributed by atoms with Crippen molar-refractivity contribution in [3.63, 3.8) is 0 Å². The van der Waals surface area contributed by atoms with E-state index in [0.29, 0.717) is 17.7 Å². The highest BCUT2D eigenvalue weighted by Crippen LogP contribution is 2.27. The van der Waals surface area contributed by atoms with Crippen LogP contribution < -0.4 is 10.5 Å². The van der Waals surface area contributed by atoms with E-state index in [2.05, 4.69) is 6.92 Å². The van der Waals surface area contributed by atoms with Gasteiger partial charge in [0.15, 0.2) is 0 Å². The highest BCUT2D eigenvalue weighted by molar-refractivity contribution is 5.29. The van der Waals surface area contributed by atoms with E-state index in [1.165, 1.54) is 11.6 Å². The van der Waals surface area contributed by atoms with Crippen molar-refractivity contribution in [2.45, 2.75) is 38.8 Å². The third-order valence-electron chi connectivity index (χ3n) is 3.67. The van der Waals surface area contributed by atoms with Gasteiger partial charge in [-0.2, -0.15) is 0 Å². The average Bonchev–Trinajstić information content (AvgIpc) is 2.53. The van der Waals surface area contributed by atoms with Crippen molar-refractivity contribution in [1.29, 1.82) is 0 Å². The van der Waals surface area contributed by atoms with Crippen molar-refractivity contribution in [1.82, 2.24) is 0 Å². The van der Waals surface area contributed by atoms with E-state index in [1.807, 2.05) is 31.2 Å². The number of halogens is 1. The minimum atomic E-state index is -0.483. The third-order valence-corrected chi connectivity index (χ3v) is 3.67. The Balaban J connectivity index is 2.26. The molecule has 0 heterocycles. The summed E-state index contributed by atoms with van der Waals surface area (Å²) in [6.45, 7) is 4.08. The van der Waals surface area contributed by atoms with Crippen LogP contribution in [0.15, 0.2) is 48.5 Å². The molecule has 0 amide bonds. The predicted octanol–water partition coefficient (Wildman–Crippen LogP) is 4.25. The second-order valence-corrected chi connectivity index (χ2v) is 5.13. The molecule has 0 aliphatic rings. The second kappa shape index (κ2) is 7.23. The summed E-state index contributed by atoms with van der Waals surface area (Å²) in [5, 5.41) is 0. The maximum absolute atomic E-state index is 14.0. The molecule has 2 nitrogen and oxygen atoms in total. The highest BCUT2D eigenvalue weighted by Gasteiger charge is 2.23. The first-order valence-corrected chi connectivity index (χ1v) is 7.41. The number of ether oxygens (including phenoxy) is 1. The van der Waals surface area contributed by atoms with Crippen molar-refractivity contribution in [3.8, 4) is 5.75 Å². The van der Waals surface area contributed by atoms with Crippen LogP contribution in [0, 0.1) is 5.82 Å². The summed E-state index contributed by atoms with van der Waals surface area (Å²) in [6.07, 6.45) is 1.21. The Hall–Kier alpha value is -1.87. The van der Waals surface area contributed by atoms with Gasteiger partial charge in [0.1, 0.15) is 17.7 Å². The van der Waals surface area contributed by atoms with Crippen molar-refractivity contribution in [2.24, 2.45) is 5.73 Å². The minimum absolute atomic E-state index is 0.257. The largest absolute Gasteiger partial charge is 0.484 e. The molecule has 0 saturated carbocycles. The number of hydrogen-bond acceptors (Lipinski definition) is 2. The fourth-order valence-corrected chi connectivity index (χ4v) is 2.25. The Morgan fingerprint density at radius 1 is 1.05 bits per heavy atom. The fourth-order valence-electron chi connectivity index (χ4n) is 2.25. The molecule has 2 atom stereocenters. The molecule has 2 N–H and O–H groups in total. The van der Waals surface area contributed by atoms with Crippen molar-refractivity contribution in [2.75, 3.05) is 0 Å². The van der Waals surface area contributed by atoms with E-state index in [0.717, 1.165) is 6.42 Å². The molecule has 0 aromatic heterocycles. The van der Waals surface area contributed by atoms with Crippen LogP contribution in [0.3, 0.4) is 0 Å². The molecule has 112 valence electrons. The van der Waals surface area contributed by atoms with Crippen LogP contribution in [0.1, 0.15) is 37.5 Å². The molecule has 0 fully saturated rings. The average molecular weight is 287 g/mol. The van der Waals surface area contributed by atoms with Crippen LogP contribution in [-0.2, 0) is 6.42 Å². The predicted molar refractivity (Wildman–Crippen MR) is 83.9 cm³/mol. The molecule has 21 heavy (non-hydrogen) atoms. The maximum atomic E-state index is 14.0. The zero-order valence-corrected chi connectivity index (χ0v) is 12.6. The summed E-state index contributed by atoms with van der Waals surface area (Å²) in [5.74, 6) is 0.431. The van der Waals surface area contributed by atoms with Crippen LogP contribution in [0.4, 0.5) is 4.39 Å². The first kappa shape index (κ1) is 15.5. The normalized spacial score (nSPS) is 13.7. The molecule has 0 bridgehead atoms. The first-order valence-electron chi connectivity index (χ1n) is 7.41. The van der Waals surface area contributed by atoms with Gasteiger partial charge in [0.2, 0.25) is 0 Å². The molecular formula is C18H22FNO. The summed E-state index contributed by atoms with van der Waals surface area (Å²) >= 11 is 0. The molecule has 2 aromatic carbocycles. The van der Waals surface area contributed by atoms with Gasteiger partial charge in [-0.15, -0.1) is 0 Å². The minimum Gasteiger partial charge on any atom is -0.484 e. The molecule has 2 unspecified atom stereocenters. The topological polar surface area (TPSA) is 35.2 Å². The quantitative estimate of drug-likeness (QED) is 0.862. The van der Waals surface area contributed by atoms with E-state index in [9.17, 15) is 4.39 Å². The van der Waals surface area contributed by atoms with E-state index < -0.39 is 6.10 Å². The maximum Gasteiger partial charge on any atom is 0.142 e. The lowest BCUT2D eigenvalue weighted by atomic mass is 10.00. The molecular weight excluding hydrogens is 265 g/mol. The lowest BCUT2D eigenvalue weighted by Gasteiger charge is -2.25. The SMILES string of the molecule is CCc1ccc(OC(c2ccccc2F)C(N)CC)cc1. The number of rotatable bonds is 6. The van der Waals surface area contributed by atoms with Crippen molar-refractivity contribution in [3.05, 3.63) is 65.5 Å². The standard InChI is InChI=1S/C18H22FNO/c1-3-13-9-11-14(12-10-13)21-18(17(20)4-2)15-7-5-6-8-16(15)19/h5-12,17-18H,3-4,20H2,1-2H3. The summed E-state index contributed by atoms with van der Waals surface area (Å²) in [4.78, 5) is 0. The summed E-state index contributed by atoms with van der Waals surface area (Å²) in [6, 6.07) is 14.2. The van der Waals surface area contributed by atoms with Crippen molar-refractivity contribution < 1.29 is 9.13 Å². The van der Waals surface area contributed by atoms with Crippen LogP contribution >= 0.6 is 0 Å². The van der Waals surface area contributed by atoms with Gasteiger partial charge in [-0.1, -0.05) is 44.2 Å². The molecule has 0 saturated heterocycles. The van der Waals surface area contributed by atoms with Gasteiger partial charge in [-0.3, -0.25) is 0 Å². The Labute approximate surface area is 125 Å². The van der Waals surface area contributed by atoms with Gasteiger partial charge in [0, 0.05) is 11.6 Å². The fraction of sp³-hybridized carbons (Fsp3) is 0.333. The first-order chi connectivity index (χ1) is 10.2. The van der Waals surface area contributed by atoms with Crippen molar-refractivity contribution >= 4 is 0 Å². The van der Waals surface area contributed by atoms with Gasteiger partial charge >= 0.3 is 0 Å². The number of aryl methyl sites for hydroxylation is 1. The van der Waals surface area contributed by atoms with E-state index in [1.54, 1.807) is 18.2 Å². The molecule has 2 rings (SSSR count). The number of hydrogen-bond donors (Lipinski definition) is 1. The molecule has 3 heteroatoms. The zero-order valence-electron chi connectivity index (χ0n) is 12.6. The zero-order chi connectivity index (χ0) is 15.2. The van der Waals surface area contributed by atoms with E-state index >= 15 is 0 Å². The summed E-state index contributed by atoms with van der Waals surface area (Å²) in [7, 11) is 0. The molecule has 0 radical (unpaired) electrons. The highest BCUT2D eigenvalue weighted by atomic mass is 19.1. The van der Waals surface area contributed by atoms with Crippen LogP contribution in [0.25, 0.3) is 0 Å². The third kappa shape index (κ3) is 3.82. The number of benzene rings is 2. The monoisotopic (exact) mass is 287 g/mol. The van der Waals surface area contributed by atoms with Gasteiger partial charge < -0.3 is 10.5 Å². The molecule has 2 aromatic rings. The Kier molecular flexibility index (Phi) is 5.34. The van der Waals surface area contributed by atoms with E-state index in [4.69, 9.17) is 10.5 Å². The van der Waals surface area contributed by atoms with E-state index in [-0.39, 0.29) is 11.9 Å². The molecule has 0 spiro atoms. The number of nitrogens with two attached hydrogens (primary N) is 1. The van der Waals surface area contributed by atoms with Gasteiger partial charge in [0.25, 0.3) is 0 Å². The van der Waals surface area contributed by atoms with Crippen LogP contribution in [-0.4, -0.2) is 6.04 Å². The Morgan fingerprint density at radius 3 is 2.29 bits per heavy atom. The smallest absolute Gasteiger partial charge is 0.142 e. The van der Waals surface area contributed by atoms with Crippen LogP contribution in [0.2, 0.25) is 0 Å². The summed E-state index contributed by atoms with van der Waals surface area (Å²) in [5.41, 5.74) is 7.88. The van der Waals surface area contributed by atoms with Gasteiger partial charge in [0.05, 0.1) is 0 Å². The lowest BCUT2D eigenvalue weighted by molar-refractivity contribution is 0.166. The van der Waals surface area contributed by atoms with Gasteiger partial charge in [-0.25, -0.2) is 4.39 Å². The van der Waals surface area contributed by atoms with Gasteiger partial charge in [-0.05, 0) is 36.6 Å². The molecule has 0 aliphatic carbocycles. The summed E-state index contributed by atoms with van der Waals surface area (Å²) < 4.78 is 20.0. The second-order valence-electron chi connectivity index (χ2n) is 5.13. The Bertz CT molecular complexity index is 568. The molecule has 0 aliphatic heterocycles. The van der Waals surface area contributed by atoms with Crippen LogP contribution in [0.5, 0.6) is 5.75 Å². The Morgan fingerprint density at radius 2 is 1.71 bits per heavy atom. The lowest BCUT2D eigenvalue weighted by Crippen LogP contribution is -2.32.